The van der Waals surface area contributed by atoms with Crippen molar-refractivity contribution in [2.75, 3.05) is 19.0 Å². The van der Waals surface area contributed by atoms with Gasteiger partial charge >= 0.3 is 5.97 Å². The summed E-state index contributed by atoms with van der Waals surface area (Å²) in [5.74, 6) is 0.234. The van der Waals surface area contributed by atoms with E-state index in [1.54, 1.807) is 6.07 Å². The van der Waals surface area contributed by atoms with Crippen LogP contribution in [0.4, 0.5) is 5.69 Å². The van der Waals surface area contributed by atoms with E-state index in [9.17, 15) is 4.79 Å². The van der Waals surface area contributed by atoms with Gasteiger partial charge in [-0.1, -0.05) is 26.0 Å². The van der Waals surface area contributed by atoms with E-state index in [4.69, 9.17) is 4.74 Å². The second kappa shape index (κ2) is 5.39. The summed E-state index contributed by atoms with van der Waals surface area (Å²) in [4.78, 5) is 11.4. The lowest BCUT2D eigenvalue weighted by Crippen LogP contribution is -2.12. The molecular formula is C12H17NO2. The number of methoxy groups -OCH3 is 1. The fourth-order valence-electron chi connectivity index (χ4n) is 1.24. The van der Waals surface area contributed by atoms with Crippen LogP contribution in [0.3, 0.4) is 0 Å². The zero-order valence-electron chi connectivity index (χ0n) is 9.41. The maximum absolute atomic E-state index is 11.4. The Morgan fingerprint density at radius 1 is 1.40 bits per heavy atom. The van der Waals surface area contributed by atoms with Gasteiger partial charge in [-0.05, 0) is 18.1 Å². The first-order chi connectivity index (χ1) is 7.15. The number of carbonyl (C=O) groups is 1. The van der Waals surface area contributed by atoms with Gasteiger partial charge < -0.3 is 10.1 Å². The summed E-state index contributed by atoms with van der Waals surface area (Å²) < 4.78 is 4.70. The number of para-hydroxylation sites is 1. The predicted octanol–water partition coefficient (Wildman–Crippen LogP) is 2.54. The first-order valence-corrected chi connectivity index (χ1v) is 5.06. The number of ether oxygens (including phenoxy) is 1. The zero-order valence-corrected chi connectivity index (χ0v) is 9.41. The molecule has 0 atom stereocenters. The first-order valence-electron chi connectivity index (χ1n) is 5.06. The molecule has 0 aliphatic carbocycles. The predicted molar refractivity (Wildman–Crippen MR) is 61.1 cm³/mol. The third-order valence-electron chi connectivity index (χ3n) is 2.03. The molecule has 0 amide bonds. The van der Waals surface area contributed by atoms with E-state index >= 15 is 0 Å². The lowest BCUT2D eigenvalue weighted by molar-refractivity contribution is 0.0602. The van der Waals surface area contributed by atoms with Gasteiger partial charge in [0.15, 0.2) is 0 Å². The topological polar surface area (TPSA) is 38.3 Å². The Kier molecular flexibility index (Phi) is 4.16. The van der Waals surface area contributed by atoms with E-state index in [2.05, 4.69) is 19.2 Å². The SMILES string of the molecule is COC(=O)c1ccccc1NCC(C)C. The number of esters is 1. The van der Waals surface area contributed by atoms with Crippen molar-refractivity contribution in [3.05, 3.63) is 29.8 Å². The molecule has 3 nitrogen and oxygen atoms in total. The molecule has 0 saturated heterocycles. The summed E-state index contributed by atoms with van der Waals surface area (Å²) >= 11 is 0. The van der Waals surface area contributed by atoms with Gasteiger partial charge in [-0.25, -0.2) is 4.79 Å². The fourth-order valence-corrected chi connectivity index (χ4v) is 1.24. The molecule has 0 aromatic heterocycles. The number of anilines is 1. The molecule has 3 heteroatoms. The third kappa shape index (κ3) is 3.27. The number of benzene rings is 1. The fraction of sp³-hybridized carbons (Fsp3) is 0.417. The summed E-state index contributed by atoms with van der Waals surface area (Å²) in [7, 11) is 1.39. The molecule has 0 aliphatic heterocycles. The zero-order chi connectivity index (χ0) is 11.3. The average molecular weight is 207 g/mol. The van der Waals surface area contributed by atoms with E-state index in [1.807, 2.05) is 18.2 Å². The van der Waals surface area contributed by atoms with Crippen LogP contribution in [0.2, 0.25) is 0 Å². The minimum Gasteiger partial charge on any atom is -0.465 e. The summed E-state index contributed by atoms with van der Waals surface area (Å²) in [5.41, 5.74) is 1.42. The van der Waals surface area contributed by atoms with Crippen LogP contribution in [0.1, 0.15) is 24.2 Å². The van der Waals surface area contributed by atoms with Crippen molar-refractivity contribution in [2.45, 2.75) is 13.8 Å². The number of carbonyl (C=O) groups excluding carboxylic acids is 1. The second-order valence-electron chi connectivity index (χ2n) is 3.81. The Morgan fingerprint density at radius 2 is 2.07 bits per heavy atom. The maximum Gasteiger partial charge on any atom is 0.339 e. The summed E-state index contributed by atoms with van der Waals surface area (Å²) in [6.45, 7) is 5.08. The van der Waals surface area contributed by atoms with Gasteiger partial charge in [-0.2, -0.15) is 0 Å². The molecule has 15 heavy (non-hydrogen) atoms. The lowest BCUT2D eigenvalue weighted by atomic mass is 10.1. The van der Waals surface area contributed by atoms with Crippen molar-refractivity contribution < 1.29 is 9.53 Å². The molecular weight excluding hydrogens is 190 g/mol. The molecule has 82 valence electrons. The quantitative estimate of drug-likeness (QED) is 0.771. The highest BCUT2D eigenvalue weighted by molar-refractivity contribution is 5.95. The van der Waals surface area contributed by atoms with Crippen LogP contribution in [0, 0.1) is 5.92 Å². The summed E-state index contributed by atoms with van der Waals surface area (Å²) in [5, 5.41) is 3.23. The molecule has 0 unspecified atom stereocenters. The molecule has 0 bridgehead atoms. The van der Waals surface area contributed by atoms with Gasteiger partial charge in [-0.3, -0.25) is 0 Å². The van der Waals surface area contributed by atoms with Crippen LogP contribution in [-0.2, 0) is 4.74 Å². The average Bonchev–Trinajstić information content (AvgIpc) is 2.25. The van der Waals surface area contributed by atoms with Gasteiger partial charge in [-0.15, -0.1) is 0 Å². The standard InChI is InChI=1S/C12H17NO2/c1-9(2)8-13-11-7-5-4-6-10(11)12(14)15-3/h4-7,9,13H,8H2,1-3H3. The molecule has 1 N–H and O–H groups in total. The van der Waals surface area contributed by atoms with Crippen LogP contribution in [0.25, 0.3) is 0 Å². The Labute approximate surface area is 90.4 Å². The minimum absolute atomic E-state index is 0.304. The van der Waals surface area contributed by atoms with E-state index in [0.717, 1.165) is 12.2 Å². The Morgan fingerprint density at radius 3 is 2.67 bits per heavy atom. The van der Waals surface area contributed by atoms with Crippen LogP contribution in [0.5, 0.6) is 0 Å². The first kappa shape index (κ1) is 11.6. The summed E-state index contributed by atoms with van der Waals surface area (Å²) in [6.07, 6.45) is 0. The van der Waals surface area contributed by atoms with Crippen LogP contribution in [-0.4, -0.2) is 19.6 Å². The van der Waals surface area contributed by atoms with Gasteiger partial charge in [0.25, 0.3) is 0 Å². The molecule has 1 aromatic rings. The van der Waals surface area contributed by atoms with Gasteiger partial charge in [0, 0.05) is 12.2 Å². The van der Waals surface area contributed by atoms with E-state index < -0.39 is 0 Å². The van der Waals surface area contributed by atoms with Gasteiger partial charge in [0.05, 0.1) is 12.7 Å². The monoisotopic (exact) mass is 207 g/mol. The van der Waals surface area contributed by atoms with E-state index in [0.29, 0.717) is 11.5 Å². The normalized spacial score (nSPS) is 10.1. The smallest absolute Gasteiger partial charge is 0.339 e. The third-order valence-corrected chi connectivity index (χ3v) is 2.03. The minimum atomic E-state index is -0.304. The number of hydrogen-bond acceptors (Lipinski definition) is 3. The highest BCUT2D eigenvalue weighted by atomic mass is 16.5. The number of rotatable bonds is 4. The van der Waals surface area contributed by atoms with Gasteiger partial charge in [0.2, 0.25) is 0 Å². The second-order valence-corrected chi connectivity index (χ2v) is 3.81. The lowest BCUT2D eigenvalue weighted by Gasteiger charge is -2.12. The summed E-state index contributed by atoms with van der Waals surface area (Å²) in [6, 6.07) is 7.37. The van der Waals surface area contributed by atoms with Crippen molar-refractivity contribution in [1.82, 2.24) is 0 Å². The number of nitrogens with one attached hydrogen (secondary N) is 1. The van der Waals surface area contributed by atoms with Crippen molar-refractivity contribution in [3.63, 3.8) is 0 Å². The molecule has 0 heterocycles. The maximum atomic E-state index is 11.4. The van der Waals surface area contributed by atoms with Crippen molar-refractivity contribution in [1.29, 1.82) is 0 Å². The molecule has 0 spiro atoms. The Balaban J connectivity index is 2.81. The highest BCUT2D eigenvalue weighted by Gasteiger charge is 2.10. The van der Waals surface area contributed by atoms with E-state index in [-0.39, 0.29) is 5.97 Å². The van der Waals surface area contributed by atoms with E-state index in [1.165, 1.54) is 7.11 Å². The van der Waals surface area contributed by atoms with Crippen molar-refractivity contribution in [3.8, 4) is 0 Å². The van der Waals surface area contributed by atoms with Crippen LogP contribution < -0.4 is 5.32 Å². The largest absolute Gasteiger partial charge is 0.465 e. The van der Waals surface area contributed by atoms with Crippen molar-refractivity contribution in [2.24, 2.45) is 5.92 Å². The highest BCUT2D eigenvalue weighted by Crippen LogP contribution is 2.16. The Hall–Kier alpha value is -1.51. The molecule has 0 radical (unpaired) electrons. The van der Waals surface area contributed by atoms with Crippen molar-refractivity contribution >= 4 is 11.7 Å². The molecule has 0 aliphatic rings. The van der Waals surface area contributed by atoms with Gasteiger partial charge in [0.1, 0.15) is 0 Å². The molecule has 1 aromatic carbocycles. The molecule has 0 fully saturated rings. The van der Waals surface area contributed by atoms with Crippen LogP contribution in [0.15, 0.2) is 24.3 Å². The molecule has 1 rings (SSSR count). The molecule has 0 saturated carbocycles. The van der Waals surface area contributed by atoms with Crippen LogP contribution >= 0.6 is 0 Å². The Bertz CT molecular complexity index is 334. The number of hydrogen-bond donors (Lipinski definition) is 1.